The van der Waals surface area contributed by atoms with Crippen LogP contribution >= 0.6 is 11.6 Å². The van der Waals surface area contributed by atoms with E-state index in [0.29, 0.717) is 44.2 Å². The number of carbonyl (C=O) groups excluding carboxylic acids is 1. The predicted molar refractivity (Wildman–Crippen MR) is 114 cm³/mol. The van der Waals surface area contributed by atoms with Gasteiger partial charge in [0.25, 0.3) is 0 Å². The second-order valence-electron chi connectivity index (χ2n) is 7.45. The lowest BCUT2D eigenvalue weighted by Crippen LogP contribution is -2.48. The molecule has 2 aliphatic rings. The summed E-state index contributed by atoms with van der Waals surface area (Å²) in [5.74, 6) is 0.0939. The number of sulfonamides is 1. The van der Waals surface area contributed by atoms with Gasteiger partial charge in [0.1, 0.15) is 0 Å². The first-order chi connectivity index (χ1) is 13.9. The molecule has 4 rings (SSSR count). The number of carbonyl (C=O) groups is 1. The Kier molecular flexibility index (Phi) is 5.92. The summed E-state index contributed by atoms with van der Waals surface area (Å²) < 4.78 is 27.5. The molecule has 0 N–H and O–H groups in total. The minimum absolute atomic E-state index is 0.0939. The molecule has 0 radical (unpaired) electrons. The van der Waals surface area contributed by atoms with E-state index in [-0.39, 0.29) is 10.8 Å². The zero-order valence-electron chi connectivity index (χ0n) is 16.1. The maximum atomic E-state index is 13.0. The number of piperazine rings is 1. The SMILES string of the molecule is O=C1CCCN1c1ccc(S(=O)(=O)N2CCN(Cc3cccc(Cl)c3)CC2)cc1. The average molecular weight is 434 g/mol. The minimum atomic E-state index is -3.54. The number of nitrogens with zero attached hydrogens (tertiary/aromatic N) is 3. The quantitative estimate of drug-likeness (QED) is 0.727. The molecule has 2 saturated heterocycles. The molecule has 2 aromatic carbocycles. The van der Waals surface area contributed by atoms with Gasteiger partial charge in [0.15, 0.2) is 0 Å². The van der Waals surface area contributed by atoms with Gasteiger partial charge in [-0.3, -0.25) is 9.69 Å². The lowest BCUT2D eigenvalue weighted by atomic mass is 10.2. The smallest absolute Gasteiger partial charge is 0.243 e. The molecule has 6 nitrogen and oxygen atoms in total. The number of hydrogen-bond donors (Lipinski definition) is 0. The highest BCUT2D eigenvalue weighted by Gasteiger charge is 2.29. The van der Waals surface area contributed by atoms with Crippen molar-refractivity contribution in [2.45, 2.75) is 24.3 Å². The second-order valence-corrected chi connectivity index (χ2v) is 9.83. The highest BCUT2D eigenvalue weighted by Crippen LogP contribution is 2.25. The van der Waals surface area contributed by atoms with E-state index in [9.17, 15) is 13.2 Å². The fourth-order valence-corrected chi connectivity index (χ4v) is 5.52. The number of hydrogen-bond acceptors (Lipinski definition) is 4. The van der Waals surface area contributed by atoms with Crippen LogP contribution in [0.3, 0.4) is 0 Å². The van der Waals surface area contributed by atoms with Crippen molar-refractivity contribution < 1.29 is 13.2 Å². The molecule has 29 heavy (non-hydrogen) atoms. The third kappa shape index (κ3) is 4.48. The van der Waals surface area contributed by atoms with Crippen molar-refractivity contribution in [1.29, 1.82) is 0 Å². The molecule has 2 fully saturated rings. The molecule has 2 heterocycles. The number of anilines is 1. The highest BCUT2D eigenvalue weighted by atomic mass is 35.5. The lowest BCUT2D eigenvalue weighted by molar-refractivity contribution is -0.117. The van der Waals surface area contributed by atoms with Crippen LogP contribution in [0.1, 0.15) is 18.4 Å². The Balaban J connectivity index is 1.39. The Bertz CT molecular complexity index is 986. The first kappa shape index (κ1) is 20.3. The molecule has 0 unspecified atom stereocenters. The topological polar surface area (TPSA) is 60.9 Å². The van der Waals surface area contributed by atoms with Gasteiger partial charge in [-0.15, -0.1) is 0 Å². The van der Waals surface area contributed by atoms with Gasteiger partial charge in [0.05, 0.1) is 4.90 Å². The molecule has 2 aromatic rings. The van der Waals surface area contributed by atoms with Crippen LogP contribution in [0.5, 0.6) is 0 Å². The Morgan fingerprint density at radius 1 is 0.931 bits per heavy atom. The summed E-state index contributed by atoms with van der Waals surface area (Å²) in [6, 6.07) is 14.4. The maximum absolute atomic E-state index is 13.0. The first-order valence-electron chi connectivity index (χ1n) is 9.81. The van der Waals surface area contributed by atoms with E-state index < -0.39 is 10.0 Å². The minimum Gasteiger partial charge on any atom is -0.312 e. The zero-order valence-corrected chi connectivity index (χ0v) is 17.7. The molecule has 0 saturated carbocycles. The van der Waals surface area contributed by atoms with Crippen molar-refractivity contribution in [3.63, 3.8) is 0 Å². The van der Waals surface area contributed by atoms with Crippen molar-refractivity contribution in [2.24, 2.45) is 0 Å². The summed E-state index contributed by atoms with van der Waals surface area (Å²) in [6.45, 7) is 3.70. The summed E-state index contributed by atoms with van der Waals surface area (Å²) in [7, 11) is -3.54. The summed E-state index contributed by atoms with van der Waals surface area (Å²) >= 11 is 6.05. The lowest BCUT2D eigenvalue weighted by Gasteiger charge is -2.34. The van der Waals surface area contributed by atoms with Gasteiger partial charge in [-0.05, 0) is 48.4 Å². The van der Waals surface area contributed by atoms with Crippen LogP contribution < -0.4 is 4.90 Å². The van der Waals surface area contributed by atoms with Gasteiger partial charge in [0, 0.05) is 56.4 Å². The van der Waals surface area contributed by atoms with E-state index in [2.05, 4.69) is 4.90 Å². The monoisotopic (exact) mass is 433 g/mol. The molecule has 2 aliphatic heterocycles. The number of rotatable bonds is 5. The zero-order chi connectivity index (χ0) is 20.4. The van der Waals surface area contributed by atoms with E-state index in [1.165, 1.54) is 4.31 Å². The molecule has 0 spiro atoms. The number of benzene rings is 2. The second kappa shape index (κ2) is 8.44. The van der Waals surface area contributed by atoms with Gasteiger partial charge in [-0.2, -0.15) is 4.31 Å². The van der Waals surface area contributed by atoms with Gasteiger partial charge < -0.3 is 4.90 Å². The van der Waals surface area contributed by atoms with E-state index in [1.54, 1.807) is 29.2 Å². The van der Waals surface area contributed by atoms with Crippen molar-refractivity contribution >= 4 is 33.2 Å². The summed E-state index contributed by atoms with van der Waals surface area (Å²) in [4.78, 5) is 16.1. The van der Waals surface area contributed by atoms with Crippen LogP contribution in [-0.2, 0) is 21.4 Å². The van der Waals surface area contributed by atoms with Gasteiger partial charge in [-0.25, -0.2) is 8.42 Å². The molecule has 154 valence electrons. The van der Waals surface area contributed by atoms with Crippen molar-refractivity contribution in [3.8, 4) is 0 Å². The Labute approximate surface area is 176 Å². The van der Waals surface area contributed by atoms with Crippen LogP contribution in [-0.4, -0.2) is 56.3 Å². The fourth-order valence-electron chi connectivity index (χ4n) is 3.89. The maximum Gasteiger partial charge on any atom is 0.243 e. The van der Waals surface area contributed by atoms with Crippen LogP contribution in [0.2, 0.25) is 5.02 Å². The summed E-state index contributed by atoms with van der Waals surface area (Å²) in [6.07, 6.45) is 1.40. The number of halogens is 1. The van der Waals surface area contributed by atoms with Crippen LogP contribution in [0.4, 0.5) is 5.69 Å². The van der Waals surface area contributed by atoms with Crippen LogP contribution in [0, 0.1) is 0 Å². The fraction of sp³-hybridized carbons (Fsp3) is 0.381. The van der Waals surface area contributed by atoms with Crippen LogP contribution in [0.25, 0.3) is 0 Å². The van der Waals surface area contributed by atoms with Gasteiger partial charge in [0.2, 0.25) is 15.9 Å². The largest absolute Gasteiger partial charge is 0.312 e. The van der Waals surface area contributed by atoms with Gasteiger partial charge in [-0.1, -0.05) is 23.7 Å². The Morgan fingerprint density at radius 2 is 1.66 bits per heavy atom. The third-order valence-electron chi connectivity index (χ3n) is 5.49. The molecule has 0 atom stereocenters. The van der Waals surface area contributed by atoms with Crippen molar-refractivity contribution in [2.75, 3.05) is 37.6 Å². The third-order valence-corrected chi connectivity index (χ3v) is 7.63. The molecule has 0 aliphatic carbocycles. The van der Waals surface area contributed by atoms with E-state index in [0.717, 1.165) is 24.2 Å². The van der Waals surface area contributed by atoms with Crippen LogP contribution in [0.15, 0.2) is 53.4 Å². The molecule has 1 amide bonds. The van der Waals surface area contributed by atoms with E-state index >= 15 is 0 Å². The standard InChI is InChI=1S/C21H24ClN3O3S/c22-18-4-1-3-17(15-18)16-23-11-13-24(14-12-23)29(27,28)20-8-6-19(7-9-20)25-10-2-5-21(25)26/h1,3-4,6-9,15H,2,5,10-14,16H2. The molecule has 8 heteroatoms. The normalized spacial score (nSPS) is 19.1. The molecule has 0 aromatic heterocycles. The molecule has 0 bridgehead atoms. The van der Waals surface area contributed by atoms with E-state index in [4.69, 9.17) is 11.6 Å². The van der Waals surface area contributed by atoms with Crippen molar-refractivity contribution in [1.82, 2.24) is 9.21 Å². The highest BCUT2D eigenvalue weighted by molar-refractivity contribution is 7.89. The van der Waals surface area contributed by atoms with E-state index in [1.807, 2.05) is 24.3 Å². The van der Waals surface area contributed by atoms with Crippen molar-refractivity contribution in [3.05, 3.63) is 59.1 Å². The predicted octanol–water partition coefficient (Wildman–Crippen LogP) is 2.97. The summed E-state index contributed by atoms with van der Waals surface area (Å²) in [5, 5.41) is 0.711. The molecular formula is C21H24ClN3O3S. The molecular weight excluding hydrogens is 410 g/mol. The first-order valence-corrected chi connectivity index (χ1v) is 11.6. The average Bonchev–Trinajstić information content (AvgIpc) is 3.14. The van der Waals surface area contributed by atoms with Gasteiger partial charge >= 0.3 is 0 Å². The Morgan fingerprint density at radius 3 is 2.28 bits per heavy atom. The number of amides is 1. The Hall–Kier alpha value is -1.93. The summed E-state index contributed by atoms with van der Waals surface area (Å²) in [5.41, 5.74) is 1.89.